The topological polar surface area (TPSA) is 12.0 Å². The molecule has 0 saturated heterocycles. The Morgan fingerprint density at radius 1 is 1.10 bits per heavy atom. The fourth-order valence-corrected chi connectivity index (χ4v) is 4.28. The van der Waals surface area contributed by atoms with Crippen LogP contribution in [0.1, 0.15) is 76.8 Å². The molecular formula is C20H31N. The van der Waals surface area contributed by atoms with E-state index >= 15 is 0 Å². The van der Waals surface area contributed by atoms with Crippen molar-refractivity contribution in [2.45, 2.75) is 71.1 Å². The van der Waals surface area contributed by atoms with Gasteiger partial charge >= 0.3 is 0 Å². The second-order valence-corrected chi connectivity index (χ2v) is 8.30. The summed E-state index contributed by atoms with van der Waals surface area (Å²) in [5.41, 5.74) is 4.69. The van der Waals surface area contributed by atoms with E-state index < -0.39 is 0 Å². The number of hydrogen-bond donors (Lipinski definition) is 1. The van der Waals surface area contributed by atoms with Gasteiger partial charge < -0.3 is 5.32 Å². The highest BCUT2D eigenvalue weighted by atomic mass is 14.9. The molecule has 1 aliphatic carbocycles. The quantitative estimate of drug-likeness (QED) is 0.734. The zero-order valence-electron chi connectivity index (χ0n) is 14.2. The lowest BCUT2D eigenvalue weighted by Gasteiger charge is -2.32. The maximum absolute atomic E-state index is 3.65. The first-order chi connectivity index (χ1) is 9.97. The van der Waals surface area contributed by atoms with Crippen molar-refractivity contribution in [1.29, 1.82) is 0 Å². The second kappa shape index (κ2) is 5.66. The van der Waals surface area contributed by atoms with Gasteiger partial charge in [-0.3, -0.25) is 0 Å². The second-order valence-electron chi connectivity index (χ2n) is 8.30. The molecule has 1 heterocycles. The van der Waals surface area contributed by atoms with Crippen LogP contribution in [0, 0.1) is 11.8 Å². The van der Waals surface area contributed by atoms with E-state index in [4.69, 9.17) is 0 Å². The average molecular weight is 285 g/mol. The van der Waals surface area contributed by atoms with Crippen molar-refractivity contribution in [3.8, 4) is 0 Å². The van der Waals surface area contributed by atoms with E-state index in [1.807, 2.05) is 0 Å². The molecule has 0 spiro atoms. The van der Waals surface area contributed by atoms with E-state index in [0.717, 1.165) is 18.4 Å². The smallest absolute Gasteiger partial charge is 0.0376 e. The molecule has 1 fully saturated rings. The van der Waals surface area contributed by atoms with E-state index in [-0.39, 0.29) is 5.41 Å². The van der Waals surface area contributed by atoms with Crippen molar-refractivity contribution in [1.82, 2.24) is 0 Å². The maximum Gasteiger partial charge on any atom is 0.0376 e. The Morgan fingerprint density at radius 3 is 2.48 bits per heavy atom. The molecule has 0 aromatic heterocycles. The van der Waals surface area contributed by atoms with Gasteiger partial charge in [0.1, 0.15) is 0 Å². The van der Waals surface area contributed by atoms with E-state index in [0.29, 0.717) is 5.92 Å². The van der Waals surface area contributed by atoms with Crippen molar-refractivity contribution < 1.29 is 0 Å². The van der Waals surface area contributed by atoms with Crippen molar-refractivity contribution in [2.75, 3.05) is 11.9 Å². The monoisotopic (exact) mass is 285 g/mol. The highest BCUT2D eigenvalue weighted by Gasteiger charge is 2.33. The molecule has 21 heavy (non-hydrogen) atoms. The van der Waals surface area contributed by atoms with Gasteiger partial charge in [0, 0.05) is 18.2 Å². The van der Waals surface area contributed by atoms with Gasteiger partial charge in [-0.05, 0) is 34.4 Å². The average Bonchev–Trinajstić information content (AvgIpc) is 2.89. The number of fused-ring (bicyclic) bond motifs is 1. The lowest BCUT2D eigenvalue weighted by atomic mass is 9.73. The minimum Gasteiger partial charge on any atom is -0.384 e. The van der Waals surface area contributed by atoms with Gasteiger partial charge in [-0.15, -0.1) is 0 Å². The summed E-state index contributed by atoms with van der Waals surface area (Å²) in [5, 5.41) is 3.65. The first kappa shape index (κ1) is 14.9. The fraction of sp³-hybridized carbons (Fsp3) is 0.700. The van der Waals surface area contributed by atoms with Crippen LogP contribution in [-0.2, 0) is 5.41 Å². The van der Waals surface area contributed by atoms with E-state index in [1.165, 1.54) is 43.4 Å². The standard InChI is InChI=1S/C20H31N/c1-14(15-8-6-5-7-9-15)18-13-21-19-11-10-16(12-17(18)19)20(2,3)4/h10-12,14-15,18,21H,5-9,13H2,1-4H3. The fourth-order valence-electron chi connectivity index (χ4n) is 4.28. The van der Waals surface area contributed by atoms with Gasteiger partial charge in [-0.2, -0.15) is 0 Å². The molecular weight excluding hydrogens is 254 g/mol. The highest BCUT2D eigenvalue weighted by Crippen LogP contribution is 2.44. The molecule has 1 aliphatic heterocycles. The van der Waals surface area contributed by atoms with Crippen LogP contribution >= 0.6 is 0 Å². The normalized spacial score (nSPS) is 24.5. The molecule has 1 aromatic rings. The minimum atomic E-state index is 0.246. The van der Waals surface area contributed by atoms with E-state index in [2.05, 4.69) is 51.2 Å². The van der Waals surface area contributed by atoms with Crippen LogP contribution in [0.5, 0.6) is 0 Å². The van der Waals surface area contributed by atoms with Crippen LogP contribution in [-0.4, -0.2) is 6.54 Å². The van der Waals surface area contributed by atoms with Crippen LogP contribution in [0.25, 0.3) is 0 Å². The third kappa shape index (κ3) is 2.98. The molecule has 0 amide bonds. The van der Waals surface area contributed by atoms with Crippen molar-refractivity contribution >= 4 is 5.69 Å². The predicted molar refractivity (Wildman–Crippen MR) is 92.1 cm³/mol. The van der Waals surface area contributed by atoms with Crippen LogP contribution in [0.15, 0.2) is 18.2 Å². The number of nitrogens with one attached hydrogen (secondary N) is 1. The Hall–Kier alpha value is -0.980. The third-order valence-electron chi connectivity index (χ3n) is 5.86. The Morgan fingerprint density at radius 2 is 1.81 bits per heavy atom. The zero-order chi connectivity index (χ0) is 15.0. The molecule has 1 aromatic carbocycles. The van der Waals surface area contributed by atoms with Gasteiger partial charge in [0.15, 0.2) is 0 Å². The number of rotatable bonds is 2. The summed E-state index contributed by atoms with van der Waals surface area (Å²) in [4.78, 5) is 0. The first-order valence-electron chi connectivity index (χ1n) is 8.85. The molecule has 1 nitrogen and oxygen atoms in total. The van der Waals surface area contributed by atoms with E-state index in [1.54, 1.807) is 5.56 Å². The number of anilines is 1. The number of hydrogen-bond acceptors (Lipinski definition) is 1. The Labute approximate surface area is 130 Å². The summed E-state index contributed by atoms with van der Waals surface area (Å²) >= 11 is 0. The van der Waals surface area contributed by atoms with E-state index in [9.17, 15) is 0 Å². The molecule has 2 unspecified atom stereocenters. The Balaban J connectivity index is 1.84. The molecule has 0 radical (unpaired) electrons. The number of benzene rings is 1. The van der Waals surface area contributed by atoms with Gasteiger partial charge in [-0.1, -0.05) is 71.9 Å². The molecule has 1 heteroatoms. The summed E-state index contributed by atoms with van der Waals surface area (Å²) in [6.07, 6.45) is 7.25. The molecule has 0 bridgehead atoms. The molecule has 3 rings (SSSR count). The van der Waals surface area contributed by atoms with Gasteiger partial charge in [0.25, 0.3) is 0 Å². The molecule has 116 valence electrons. The molecule has 1 N–H and O–H groups in total. The van der Waals surface area contributed by atoms with Crippen molar-refractivity contribution in [2.24, 2.45) is 11.8 Å². The summed E-state index contributed by atoms with van der Waals surface area (Å²) in [5.74, 6) is 2.47. The lowest BCUT2D eigenvalue weighted by Crippen LogP contribution is -2.23. The Bertz CT molecular complexity index is 491. The Kier molecular flexibility index (Phi) is 4.03. The zero-order valence-corrected chi connectivity index (χ0v) is 14.2. The lowest BCUT2D eigenvalue weighted by molar-refractivity contribution is 0.238. The summed E-state index contributed by atoms with van der Waals surface area (Å²) < 4.78 is 0. The highest BCUT2D eigenvalue weighted by molar-refractivity contribution is 5.59. The predicted octanol–water partition coefficient (Wildman–Crippen LogP) is 5.71. The SMILES string of the molecule is CC(C1CCCCC1)C1CNc2ccc(C(C)(C)C)cc21. The van der Waals surface area contributed by atoms with Gasteiger partial charge in [0.2, 0.25) is 0 Å². The molecule has 2 aliphatic rings. The van der Waals surface area contributed by atoms with Gasteiger partial charge in [0.05, 0.1) is 0 Å². The van der Waals surface area contributed by atoms with Gasteiger partial charge in [-0.25, -0.2) is 0 Å². The van der Waals surface area contributed by atoms with Crippen molar-refractivity contribution in [3.05, 3.63) is 29.3 Å². The van der Waals surface area contributed by atoms with Crippen LogP contribution in [0.2, 0.25) is 0 Å². The first-order valence-corrected chi connectivity index (χ1v) is 8.85. The molecule has 1 saturated carbocycles. The maximum atomic E-state index is 3.65. The van der Waals surface area contributed by atoms with Crippen LogP contribution < -0.4 is 5.32 Å². The minimum absolute atomic E-state index is 0.246. The van der Waals surface area contributed by atoms with Crippen LogP contribution in [0.3, 0.4) is 0 Å². The third-order valence-corrected chi connectivity index (χ3v) is 5.86. The largest absolute Gasteiger partial charge is 0.384 e. The summed E-state index contributed by atoms with van der Waals surface area (Å²) in [7, 11) is 0. The van der Waals surface area contributed by atoms with Crippen LogP contribution in [0.4, 0.5) is 5.69 Å². The molecule has 2 atom stereocenters. The summed E-state index contributed by atoms with van der Waals surface area (Å²) in [6, 6.07) is 7.10. The van der Waals surface area contributed by atoms with Crippen molar-refractivity contribution in [3.63, 3.8) is 0 Å². The summed E-state index contributed by atoms with van der Waals surface area (Å²) in [6.45, 7) is 10.6.